The smallest absolute Gasteiger partial charge is 0.225 e. The lowest BCUT2D eigenvalue weighted by molar-refractivity contribution is -0.137. The molecule has 1 amide bonds. The molecule has 0 heterocycles. The molecule has 0 atom stereocenters. The Hall–Kier alpha value is -0.610. The molecule has 0 aromatic carbocycles. The zero-order valence-corrected chi connectivity index (χ0v) is 11.2. The summed E-state index contributed by atoms with van der Waals surface area (Å²) >= 11 is 0. The lowest BCUT2D eigenvalue weighted by Crippen LogP contribution is -2.39. The van der Waals surface area contributed by atoms with Crippen LogP contribution in [0.5, 0.6) is 0 Å². The highest BCUT2D eigenvalue weighted by atomic mass is 16.5. The van der Waals surface area contributed by atoms with Crippen LogP contribution in [0.25, 0.3) is 0 Å². The first-order chi connectivity index (χ1) is 8.22. The number of rotatable bonds is 6. The zero-order chi connectivity index (χ0) is 12.7. The van der Waals surface area contributed by atoms with E-state index in [9.17, 15) is 4.79 Å². The van der Waals surface area contributed by atoms with E-state index >= 15 is 0 Å². The normalized spacial score (nSPS) is 24.6. The molecular weight excluding hydrogens is 216 g/mol. The Kier molecular flexibility index (Phi) is 6.52. The second-order valence-corrected chi connectivity index (χ2v) is 4.86. The summed E-state index contributed by atoms with van der Waals surface area (Å²) in [6.07, 6.45) is 4.22. The molecule has 0 bridgehead atoms. The van der Waals surface area contributed by atoms with Crippen molar-refractivity contribution in [2.45, 2.75) is 32.6 Å². The van der Waals surface area contributed by atoms with Crippen molar-refractivity contribution in [3.05, 3.63) is 0 Å². The predicted molar refractivity (Wildman–Crippen MR) is 68.6 cm³/mol. The number of nitrogens with two attached hydrogens (primary N) is 1. The van der Waals surface area contributed by atoms with Gasteiger partial charge in [-0.15, -0.1) is 0 Å². The molecule has 1 saturated carbocycles. The highest BCUT2D eigenvalue weighted by Gasteiger charge is 2.28. The summed E-state index contributed by atoms with van der Waals surface area (Å²) in [7, 11) is 1.67. The van der Waals surface area contributed by atoms with Crippen molar-refractivity contribution in [3.8, 4) is 0 Å². The monoisotopic (exact) mass is 242 g/mol. The first-order valence-electron chi connectivity index (χ1n) is 6.70. The van der Waals surface area contributed by atoms with E-state index < -0.39 is 0 Å². The van der Waals surface area contributed by atoms with Crippen molar-refractivity contribution in [2.75, 3.05) is 33.4 Å². The number of carbonyl (C=O) groups is 1. The van der Waals surface area contributed by atoms with Gasteiger partial charge in [-0.1, -0.05) is 0 Å². The third-order valence-corrected chi connectivity index (χ3v) is 3.79. The van der Waals surface area contributed by atoms with Gasteiger partial charge in [0.2, 0.25) is 5.91 Å². The lowest BCUT2D eigenvalue weighted by Gasteiger charge is -2.31. The van der Waals surface area contributed by atoms with Crippen LogP contribution < -0.4 is 5.73 Å². The largest absolute Gasteiger partial charge is 0.383 e. The topological polar surface area (TPSA) is 55.6 Å². The summed E-state index contributed by atoms with van der Waals surface area (Å²) in [6, 6.07) is 0. The van der Waals surface area contributed by atoms with E-state index in [4.69, 9.17) is 10.5 Å². The Balaban J connectivity index is 2.40. The van der Waals surface area contributed by atoms with Crippen molar-refractivity contribution in [1.29, 1.82) is 0 Å². The standard InChI is InChI=1S/C13H26N2O2/c1-3-15(8-9-17-2)13(16)12-6-4-11(10-14)5-7-12/h11-12H,3-10,14H2,1-2H3. The Bertz CT molecular complexity index is 225. The molecule has 1 fully saturated rings. The molecular formula is C13H26N2O2. The first kappa shape index (κ1) is 14.5. The van der Waals surface area contributed by atoms with Crippen LogP contribution in [-0.2, 0) is 9.53 Å². The summed E-state index contributed by atoms with van der Waals surface area (Å²) in [5, 5.41) is 0. The van der Waals surface area contributed by atoms with Gasteiger partial charge in [0.1, 0.15) is 0 Å². The van der Waals surface area contributed by atoms with Crippen LogP contribution in [-0.4, -0.2) is 44.2 Å². The number of hydrogen-bond acceptors (Lipinski definition) is 3. The van der Waals surface area contributed by atoms with E-state index in [1.54, 1.807) is 7.11 Å². The maximum atomic E-state index is 12.3. The van der Waals surface area contributed by atoms with Gasteiger partial charge in [0.25, 0.3) is 0 Å². The van der Waals surface area contributed by atoms with Crippen LogP contribution in [0.1, 0.15) is 32.6 Å². The number of ether oxygens (including phenoxy) is 1. The van der Waals surface area contributed by atoms with E-state index in [1.807, 2.05) is 11.8 Å². The maximum Gasteiger partial charge on any atom is 0.225 e. The maximum absolute atomic E-state index is 12.3. The van der Waals surface area contributed by atoms with Gasteiger partial charge in [-0.3, -0.25) is 4.79 Å². The van der Waals surface area contributed by atoms with Gasteiger partial charge in [0, 0.05) is 26.1 Å². The highest BCUT2D eigenvalue weighted by Crippen LogP contribution is 2.29. The van der Waals surface area contributed by atoms with E-state index in [1.165, 1.54) is 0 Å². The minimum Gasteiger partial charge on any atom is -0.383 e. The quantitative estimate of drug-likeness (QED) is 0.762. The molecule has 0 spiro atoms. The summed E-state index contributed by atoms with van der Waals surface area (Å²) in [6.45, 7) is 4.90. The first-order valence-corrected chi connectivity index (χ1v) is 6.70. The third kappa shape index (κ3) is 4.28. The Labute approximate surface area is 104 Å². The van der Waals surface area contributed by atoms with Crippen LogP contribution in [0, 0.1) is 11.8 Å². The van der Waals surface area contributed by atoms with Crippen molar-refractivity contribution < 1.29 is 9.53 Å². The number of methoxy groups -OCH3 is 1. The van der Waals surface area contributed by atoms with Crippen LogP contribution in [0.15, 0.2) is 0 Å². The predicted octanol–water partition coefficient (Wildman–Crippen LogP) is 1.25. The second-order valence-electron chi connectivity index (χ2n) is 4.86. The fourth-order valence-electron chi connectivity index (χ4n) is 2.53. The van der Waals surface area contributed by atoms with Gasteiger partial charge in [0.05, 0.1) is 6.61 Å². The molecule has 0 aliphatic heterocycles. The third-order valence-electron chi connectivity index (χ3n) is 3.79. The lowest BCUT2D eigenvalue weighted by atomic mass is 9.81. The average molecular weight is 242 g/mol. The van der Waals surface area contributed by atoms with Crippen LogP contribution in [0.2, 0.25) is 0 Å². The van der Waals surface area contributed by atoms with Crippen LogP contribution in [0.3, 0.4) is 0 Å². The fourth-order valence-corrected chi connectivity index (χ4v) is 2.53. The summed E-state index contributed by atoms with van der Waals surface area (Å²) < 4.78 is 5.04. The number of hydrogen-bond donors (Lipinski definition) is 1. The minimum absolute atomic E-state index is 0.217. The summed E-state index contributed by atoms with van der Waals surface area (Å²) in [5.74, 6) is 1.16. The molecule has 0 radical (unpaired) electrons. The van der Waals surface area contributed by atoms with Gasteiger partial charge < -0.3 is 15.4 Å². The summed E-state index contributed by atoms with van der Waals surface area (Å²) in [4.78, 5) is 14.2. The van der Waals surface area contributed by atoms with E-state index in [0.29, 0.717) is 25.0 Å². The molecule has 100 valence electrons. The average Bonchev–Trinajstić information content (AvgIpc) is 2.39. The van der Waals surface area contributed by atoms with Crippen molar-refractivity contribution in [1.82, 2.24) is 4.90 Å². The molecule has 17 heavy (non-hydrogen) atoms. The van der Waals surface area contributed by atoms with Gasteiger partial charge >= 0.3 is 0 Å². The molecule has 0 unspecified atom stereocenters. The van der Waals surface area contributed by atoms with Gasteiger partial charge in [-0.2, -0.15) is 0 Å². The van der Waals surface area contributed by atoms with Gasteiger partial charge in [-0.05, 0) is 45.1 Å². The number of likely N-dealkylation sites (N-methyl/N-ethyl adjacent to an activating group) is 1. The van der Waals surface area contributed by atoms with Gasteiger partial charge in [-0.25, -0.2) is 0 Å². The molecule has 1 aliphatic carbocycles. The molecule has 0 aromatic rings. The minimum atomic E-state index is 0.217. The molecule has 0 saturated heterocycles. The number of amides is 1. The Morgan fingerprint density at radius 1 is 1.35 bits per heavy atom. The number of nitrogens with zero attached hydrogens (tertiary/aromatic N) is 1. The molecule has 4 nitrogen and oxygen atoms in total. The SMILES string of the molecule is CCN(CCOC)C(=O)C1CCC(CN)CC1. The molecule has 0 aromatic heterocycles. The fraction of sp³-hybridized carbons (Fsp3) is 0.923. The zero-order valence-electron chi connectivity index (χ0n) is 11.2. The molecule has 1 rings (SSSR count). The van der Waals surface area contributed by atoms with Crippen molar-refractivity contribution in [2.24, 2.45) is 17.6 Å². The van der Waals surface area contributed by atoms with E-state index in [2.05, 4.69) is 0 Å². The highest BCUT2D eigenvalue weighted by molar-refractivity contribution is 5.78. The van der Waals surface area contributed by atoms with Crippen molar-refractivity contribution in [3.63, 3.8) is 0 Å². The van der Waals surface area contributed by atoms with E-state index in [0.717, 1.165) is 38.8 Å². The van der Waals surface area contributed by atoms with Crippen molar-refractivity contribution >= 4 is 5.91 Å². The summed E-state index contributed by atoms with van der Waals surface area (Å²) in [5.41, 5.74) is 5.66. The molecule has 2 N–H and O–H groups in total. The van der Waals surface area contributed by atoms with Crippen LogP contribution in [0.4, 0.5) is 0 Å². The Morgan fingerprint density at radius 3 is 2.47 bits per heavy atom. The molecule has 1 aliphatic rings. The van der Waals surface area contributed by atoms with E-state index in [-0.39, 0.29) is 5.92 Å². The second kappa shape index (κ2) is 7.67. The molecule has 4 heteroatoms. The van der Waals surface area contributed by atoms with Crippen LogP contribution >= 0.6 is 0 Å². The van der Waals surface area contributed by atoms with Gasteiger partial charge in [0.15, 0.2) is 0 Å². The number of carbonyl (C=O) groups excluding carboxylic acids is 1. The Morgan fingerprint density at radius 2 is 2.00 bits per heavy atom.